The molecule has 0 aromatic heterocycles. The molecule has 1 unspecified atom stereocenters. The summed E-state index contributed by atoms with van der Waals surface area (Å²) >= 11 is 6.21. The van der Waals surface area contributed by atoms with Crippen LogP contribution in [-0.2, 0) is 9.59 Å². The normalized spacial score (nSPS) is 11.7. The Balaban J connectivity index is 2.33. The number of rotatable bonds is 11. The molecule has 32 heavy (non-hydrogen) atoms. The lowest BCUT2D eigenvalue weighted by atomic mass is 10.2. The second-order valence-electron chi connectivity index (χ2n) is 6.41. The summed E-state index contributed by atoms with van der Waals surface area (Å²) in [6.45, 7) is 5.52. The molecule has 0 saturated heterocycles. The summed E-state index contributed by atoms with van der Waals surface area (Å²) in [5, 5.41) is 11.0. The van der Waals surface area contributed by atoms with Gasteiger partial charge >= 0.3 is 0 Å². The molecule has 0 spiro atoms. The maximum Gasteiger partial charge on any atom is 0.258 e. The number of hydrogen-bond donors (Lipinski definition) is 1. The van der Waals surface area contributed by atoms with E-state index in [2.05, 4.69) is 15.5 Å². The Bertz CT molecular complexity index is 974. The van der Waals surface area contributed by atoms with Gasteiger partial charge in [-0.25, -0.2) is 0 Å². The van der Waals surface area contributed by atoms with Gasteiger partial charge in [-0.05, 0) is 32.9 Å². The number of azo groups is 1. The summed E-state index contributed by atoms with van der Waals surface area (Å²) in [6.07, 6.45) is 0. The van der Waals surface area contributed by atoms with Crippen molar-refractivity contribution in [2.24, 2.45) is 10.2 Å². The number of carbonyl (C=O) groups excluding carboxylic acids is 2. The van der Waals surface area contributed by atoms with Gasteiger partial charge < -0.3 is 24.3 Å². The van der Waals surface area contributed by atoms with Crippen LogP contribution in [-0.4, -0.2) is 45.2 Å². The second-order valence-corrected chi connectivity index (χ2v) is 6.82. The lowest BCUT2D eigenvalue weighted by Gasteiger charge is -2.17. The Morgan fingerprint density at radius 3 is 2.12 bits per heavy atom. The van der Waals surface area contributed by atoms with Gasteiger partial charge in [0.15, 0.2) is 17.3 Å². The van der Waals surface area contributed by atoms with Crippen LogP contribution in [0, 0.1) is 0 Å². The maximum atomic E-state index is 12.9. The average molecular weight is 464 g/mol. The predicted molar refractivity (Wildman–Crippen MR) is 121 cm³/mol. The third-order valence-electron chi connectivity index (χ3n) is 4.16. The molecule has 1 N–H and O–H groups in total. The van der Waals surface area contributed by atoms with Gasteiger partial charge in [0.25, 0.3) is 5.91 Å². The Morgan fingerprint density at radius 1 is 1.00 bits per heavy atom. The molecule has 0 bridgehead atoms. The van der Waals surface area contributed by atoms with Gasteiger partial charge in [0, 0.05) is 18.2 Å². The summed E-state index contributed by atoms with van der Waals surface area (Å²) in [4.78, 5) is 25.0. The van der Waals surface area contributed by atoms with Crippen molar-refractivity contribution in [3.05, 3.63) is 35.4 Å². The van der Waals surface area contributed by atoms with E-state index in [0.29, 0.717) is 46.9 Å². The van der Waals surface area contributed by atoms with Crippen LogP contribution in [0.4, 0.5) is 11.4 Å². The number of Topliss-reactive ketones (excluding diaryl/α,β-unsaturated/α-hetero) is 1. The van der Waals surface area contributed by atoms with Crippen LogP contribution >= 0.6 is 11.6 Å². The molecule has 0 aliphatic carbocycles. The number of nitrogens with one attached hydrogen (secondary N) is 1. The third-order valence-corrected chi connectivity index (χ3v) is 4.46. The quantitative estimate of drug-likeness (QED) is 0.377. The van der Waals surface area contributed by atoms with E-state index < -0.39 is 17.7 Å². The van der Waals surface area contributed by atoms with E-state index in [9.17, 15) is 9.59 Å². The van der Waals surface area contributed by atoms with E-state index in [1.54, 1.807) is 44.2 Å². The minimum atomic E-state index is -1.38. The first kappa shape index (κ1) is 24.9. The van der Waals surface area contributed by atoms with Crippen molar-refractivity contribution in [1.82, 2.24) is 0 Å². The van der Waals surface area contributed by atoms with Crippen molar-refractivity contribution < 1.29 is 28.5 Å². The van der Waals surface area contributed by atoms with Gasteiger partial charge in [0.2, 0.25) is 6.04 Å². The summed E-state index contributed by atoms with van der Waals surface area (Å²) in [5.41, 5.74) is 0.662. The monoisotopic (exact) mass is 463 g/mol. The molecule has 1 atom stereocenters. The van der Waals surface area contributed by atoms with Crippen LogP contribution in [0.3, 0.4) is 0 Å². The van der Waals surface area contributed by atoms with Gasteiger partial charge in [0.1, 0.15) is 11.5 Å². The smallest absolute Gasteiger partial charge is 0.258 e. The number of benzene rings is 2. The fourth-order valence-electron chi connectivity index (χ4n) is 2.70. The molecule has 2 aromatic rings. The zero-order valence-electron chi connectivity index (χ0n) is 18.6. The number of nitrogens with zero attached hydrogens (tertiary/aromatic N) is 2. The van der Waals surface area contributed by atoms with E-state index in [0.717, 1.165) is 0 Å². The summed E-state index contributed by atoms with van der Waals surface area (Å²) < 4.78 is 21.6. The van der Waals surface area contributed by atoms with Gasteiger partial charge in [-0.2, -0.15) is 10.2 Å². The SMILES string of the molecule is CCOc1c(Cl)ccc(NC(=O)C(N=Nc2cc(OC)cc(OC)c2)C(C)=O)c1OCC. The highest BCUT2D eigenvalue weighted by Gasteiger charge is 2.26. The molecule has 172 valence electrons. The van der Waals surface area contributed by atoms with Gasteiger partial charge in [-0.3, -0.25) is 9.59 Å². The van der Waals surface area contributed by atoms with E-state index in [-0.39, 0.29) is 5.75 Å². The van der Waals surface area contributed by atoms with Crippen molar-refractivity contribution >= 4 is 34.7 Å². The summed E-state index contributed by atoms with van der Waals surface area (Å²) in [5.74, 6) is 0.395. The number of ketones is 1. The highest BCUT2D eigenvalue weighted by atomic mass is 35.5. The van der Waals surface area contributed by atoms with Crippen molar-refractivity contribution in [1.29, 1.82) is 0 Å². The molecule has 0 fully saturated rings. The maximum absolute atomic E-state index is 12.9. The van der Waals surface area contributed by atoms with E-state index >= 15 is 0 Å². The fourth-order valence-corrected chi connectivity index (χ4v) is 2.90. The molecule has 2 aromatic carbocycles. The van der Waals surface area contributed by atoms with E-state index in [4.69, 9.17) is 30.5 Å². The number of ether oxygens (including phenoxy) is 4. The molecule has 0 aliphatic rings. The Labute approximate surface area is 191 Å². The molecule has 1 amide bonds. The lowest BCUT2D eigenvalue weighted by Crippen LogP contribution is -2.32. The fraction of sp³-hybridized carbons (Fsp3) is 0.364. The highest BCUT2D eigenvalue weighted by Crippen LogP contribution is 2.41. The summed E-state index contributed by atoms with van der Waals surface area (Å²) in [7, 11) is 3.00. The first-order chi connectivity index (χ1) is 15.3. The highest BCUT2D eigenvalue weighted by molar-refractivity contribution is 6.32. The standard InChI is InChI=1S/C22H26ClN3O6/c1-6-31-20-17(23)8-9-18(21(20)32-7-2)24-22(28)19(13(3)27)26-25-14-10-15(29-4)12-16(11-14)30-5/h8-12,19H,6-7H2,1-5H3,(H,24,28). The van der Waals surface area contributed by atoms with Crippen LogP contribution in [0.25, 0.3) is 0 Å². The molecule has 2 rings (SSSR count). The zero-order chi connectivity index (χ0) is 23.7. The predicted octanol–water partition coefficient (Wildman–Crippen LogP) is 4.83. The Kier molecular flexibility index (Phi) is 9.27. The van der Waals surface area contributed by atoms with Crippen LogP contribution < -0.4 is 24.3 Å². The van der Waals surface area contributed by atoms with E-state index in [1.165, 1.54) is 21.1 Å². The van der Waals surface area contributed by atoms with Gasteiger partial charge in [-0.1, -0.05) is 11.6 Å². The number of methoxy groups -OCH3 is 2. The topological polar surface area (TPSA) is 108 Å². The molecular formula is C22H26ClN3O6. The Hall–Kier alpha value is -3.33. The first-order valence-corrected chi connectivity index (χ1v) is 10.3. The number of amides is 1. The van der Waals surface area contributed by atoms with Crippen LogP contribution in [0.5, 0.6) is 23.0 Å². The number of halogens is 1. The van der Waals surface area contributed by atoms with Crippen LogP contribution in [0.1, 0.15) is 20.8 Å². The number of anilines is 1. The van der Waals surface area contributed by atoms with Crippen molar-refractivity contribution in [2.45, 2.75) is 26.8 Å². The van der Waals surface area contributed by atoms with Crippen LogP contribution in [0.2, 0.25) is 5.02 Å². The molecule has 0 aliphatic heterocycles. The summed E-state index contributed by atoms with van der Waals surface area (Å²) in [6, 6.07) is 6.61. The molecule has 10 heteroatoms. The van der Waals surface area contributed by atoms with Crippen molar-refractivity contribution in [3.63, 3.8) is 0 Å². The van der Waals surface area contributed by atoms with Crippen molar-refractivity contribution in [2.75, 3.05) is 32.8 Å². The average Bonchev–Trinajstić information content (AvgIpc) is 2.77. The van der Waals surface area contributed by atoms with Gasteiger partial charge in [0.05, 0.1) is 43.8 Å². The Morgan fingerprint density at radius 2 is 1.59 bits per heavy atom. The number of hydrogen-bond acceptors (Lipinski definition) is 8. The van der Waals surface area contributed by atoms with Gasteiger partial charge in [-0.15, -0.1) is 0 Å². The lowest BCUT2D eigenvalue weighted by molar-refractivity contribution is -0.126. The molecule has 0 saturated carbocycles. The first-order valence-electron chi connectivity index (χ1n) is 9.87. The second kappa shape index (κ2) is 11.9. The van der Waals surface area contributed by atoms with Crippen LogP contribution in [0.15, 0.2) is 40.6 Å². The minimum Gasteiger partial charge on any atom is -0.497 e. The molecular weight excluding hydrogens is 438 g/mol. The number of carbonyl (C=O) groups is 2. The largest absolute Gasteiger partial charge is 0.497 e. The minimum absolute atomic E-state index is 0.270. The zero-order valence-corrected chi connectivity index (χ0v) is 19.4. The molecule has 0 radical (unpaired) electrons. The van der Waals surface area contributed by atoms with E-state index in [1.807, 2.05) is 0 Å². The molecule has 9 nitrogen and oxygen atoms in total. The van der Waals surface area contributed by atoms with Crippen molar-refractivity contribution in [3.8, 4) is 23.0 Å². The molecule has 0 heterocycles. The third kappa shape index (κ3) is 6.34.